The Bertz CT molecular complexity index is 1670. The van der Waals surface area contributed by atoms with Gasteiger partial charge in [-0.15, -0.1) is 0 Å². The lowest BCUT2D eigenvalue weighted by atomic mass is 10.0. The second-order valence-corrected chi connectivity index (χ2v) is 10.1. The van der Waals surface area contributed by atoms with Crippen LogP contribution in [-0.4, -0.2) is 35.6 Å². The highest BCUT2D eigenvalue weighted by atomic mass is 19.1. The van der Waals surface area contributed by atoms with E-state index < -0.39 is 11.7 Å². The van der Waals surface area contributed by atoms with Crippen molar-refractivity contribution in [3.8, 4) is 16.8 Å². The number of nitrogens with one attached hydrogen (secondary N) is 2. The fourth-order valence-electron chi connectivity index (χ4n) is 5.54. The molecule has 2 fully saturated rings. The Kier molecular flexibility index (Phi) is 5.27. The molecule has 7 rings (SSSR count). The molecular weight excluding hydrogens is 488 g/mol. The molecule has 8 nitrogen and oxygen atoms in total. The molecule has 38 heavy (non-hydrogen) atoms. The lowest BCUT2D eigenvalue weighted by Crippen LogP contribution is -2.24. The van der Waals surface area contributed by atoms with Crippen molar-refractivity contribution in [2.75, 3.05) is 0 Å². The number of carbonyl (C=O) groups is 1. The topological polar surface area (TPSA) is 101 Å². The zero-order valence-electron chi connectivity index (χ0n) is 20.2. The summed E-state index contributed by atoms with van der Waals surface area (Å²) in [5.74, 6) is 1.72. The molecular formula is C28H23F2N7O. The van der Waals surface area contributed by atoms with Crippen LogP contribution >= 0.6 is 0 Å². The monoisotopic (exact) mass is 511 g/mol. The molecule has 2 saturated carbocycles. The summed E-state index contributed by atoms with van der Waals surface area (Å²) in [4.78, 5) is 29.4. The lowest BCUT2D eigenvalue weighted by molar-refractivity contribution is 0.0947. The molecule has 0 bridgehead atoms. The molecule has 0 aliphatic heterocycles. The van der Waals surface area contributed by atoms with Crippen LogP contribution in [0.15, 0.2) is 61.2 Å². The Morgan fingerprint density at radius 1 is 1.00 bits per heavy atom. The fraction of sp³-hybridized carbons (Fsp3) is 0.250. The summed E-state index contributed by atoms with van der Waals surface area (Å²) >= 11 is 0. The van der Waals surface area contributed by atoms with Gasteiger partial charge in [0.15, 0.2) is 11.3 Å². The van der Waals surface area contributed by atoms with Gasteiger partial charge in [0.05, 0.1) is 11.9 Å². The van der Waals surface area contributed by atoms with Gasteiger partial charge < -0.3 is 10.3 Å². The summed E-state index contributed by atoms with van der Waals surface area (Å²) in [5, 5.41) is 7.15. The molecule has 2 aromatic carbocycles. The predicted octanol–water partition coefficient (Wildman–Crippen LogP) is 4.93. The number of rotatable bonds is 6. The van der Waals surface area contributed by atoms with E-state index in [0.717, 1.165) is 30.5 Å². The van der Waals surface area contributed by atoms with Gasteiger partial charge in [0.1, 0.15) is 29.3 Å². The first-order valence-corrected chi connectivity index (χ1v) is 12.6. The van der Waals surface area contributed by atoms with E-state index in [9.17, 15) is 13.6 Å². The van der Waals surface area contributed by atoms with Crippen molar-refractivity contribution in [3.63, 3.8) is 0 Å². The summed E-state index contributed by atoms with van der Waals surface area (Å²) in [5.41, 5.74) is 3.79. The minimum Gasteiger partial charge on any atom is -0.347 e. The third-order valence-corrected chi connectivity index (χ3v) is 7.57. The molecule has 2 N–H and O–H groups in total. The smallest absolute Gasteiger partial charge is 0.272 e. The zero-order chi connectivity index (χ0) is 25.8. The van der Waals surface area contributed by atoms with E-state index in [2.05, 4.69) is 30.4 Å². The van der Waals surface area contributed by atoms with E-state index in [1.165, 1.54) is 37.0 Å². The molecule has 5 aromatic rings. The fourth-order valence-corrected chi connectivity index (χ4v) is 5.54. The van der Waals surface area contributed by atoms with E-state index in [-0.39, 0.29) is 18.1 Å². The number of H-pyrrole nitrogens is 1. The van der Waals surface area contributed by atoms with Crippen LogP contribution in [0.1, 0.15) is 47.1 Å². The molecule has 2 aliphatic carbocycles. The van der Waals surface area contributed by atoms with Gasteiger partial charge >= 0.3 is 0 Å². The first kappa shape index (κ1) is 22.7. The molecule has 0 radical (unpaired) electrons. The van der Waals surface area contributed by atoms with Crippen molar-refractivity contribution in [1.82, 2.24) is 35.0 Å². The van der Waals surface area contributed by atoms with E-state index in [0.29, 0.717) is 39.5 Å². The number of imidazole rings is 1. The second-order valence-electron chi connectivity index (χ2n) is 10.1. The summed E-state index contributed by atoms with van der Waals surface area (Å²) in [6, 6.07) is 10.5. The van der Waals surface area contributed by atoms with Crippen molar-refractivity contribution in [3.05, 3.63) is 89.9 Å². The average Bonchev–Trinajstić information content (AvgIpc) is 3.32. The number of halogens is 2. The average molecular weight is 512 g/mol. The molecule has 3 aromatic heterocycles. The van der Waals surface area contributed by atoms with Gasteiger partial charge in [-0.1, -0.05) is 0 Å². The second kappa shape index (κ2) is 8.83. The molecule has 0 spiro atoms. The summed E-state index contributed by atoms with van der Waals surface area (Å²) < 4.78 is 29.3. The summed E-state index contributed by atoms with van der Waals surface area (Å²) in [6.07, 6.45) is 8.28. The number of fused-ring (bicyclic) bond motifs is 2. The van der Waals surface area contributed by atoms with Gasteiger partial charge in [0, 0.05) is 24.2 Å². The highest BCUT2D eigenvalue weighted by Gasteiger charge is 2.47. The molecule has 0 saturated heterocycles. The number of amides is 1. The minimum absolute atomic E-state index is 0.105. The third-order valence-electron chi connectivity index (χ3n) is 7.57. The summed E-state index contributed by atoms with van der Waals surface area (Å²) in [6.45, 7) is 0.105. The molecule has 1 amide bonds. The zero-order valence-corrected chi connectivity index (χ0v) is 20.2. The van der Waals surface area contributed by atoms with Crippen LogP contribution in [0.4, 0.5) is 8.78 Å². The third kappa shape index (κ3) is 4.21. The van der Waals surface area contributed by atoms with Gasteiger partial charge in [0.2, 0.25) is 0 Å². The Labute approximate surface area is 216 Å². The number of hydrogen-bond acceptors (Lipinski definition) is 5. The van der Waals surface area contributed by atoms with Crippen molar-refractivity contribution < 1.29 is 13.6 Å². The maximum atomic E-state index is 14.5. The maximum Gasteiger partial charge on any atom is 0.272 e. The highest BCUT2D eigenvalue weighted by molar-refractivity contribution is 6.02. The predicted molar refractivity (Wildman–Crippen MR) is 135 cm³/mol. The summed E-state index contributed by atoms with van der Waals surface area (Å²) in [7, 11) is 0. The maximum absolute atomic E-state index is 14.5. The van der Waals surface area contributed by atoms with Crippen LogP contribution in [0.2, 0.25) is 0 Å². The van der Waals surface area contributed by atoms with Crippen molar-refractivity contribution in [2.24, 2.45) is 11.8 Å². The Morgan fingerprint density at radius 3 is 2.63 bits per heavy atom. The molecule has 2 atom stereocenters. The Morgan fingerprint density at radius 2 is 1.82 bits per heavy atom. The SMILES string of the molecule is O=C(NCc1cc(F)cc(-c2cnn(-c3ccc(F)cc3)c2)c1)c1ncnc2nc(C3CC4CC4C3)[nH]c12. The first-order chi connectivity index (χ1) is 18.5. The van der Waals surface area contributed by atoms with Crippen molar-refractivity contribution in [1.29, 1.82) is 0 Å². The normalized spacial score (nSPS) is 20.0. The Hall–Kier alpha value is -4.47. The van der Waals surface area contributed by atoms with Crippen LogP contribution in [0.3, 0.4) is 0 Å². The van der Waals surface area contributed by atoms with E-state index in [1.807, 2.05) is 0 Å². The largest absolute Gasteiger partial charge is 0.347 e. The Balaban J connectivity index is 1.09. The number of nitrogens with zero attached hydrogens (tertiary/aromatic N) is 5. The minimum atomic E-state index is -0.432. The van der Waals surface area contributed by atoms with Gasteiger partial charge in [-0.05, 0) is 84.7 Å². The standard InChI is InChI=1S/C28H23F2N7O/c29-21-1-3-23(4-2-21)37-13-20(12-34-37)16-5-15(6-22(30)10-16)11-31-28(38)25-24-27(33-14-32-25)36-26(35-24)19-8-17-7-18(17)9-19/h1-6,10,12-14,17-19H,7-9,11H2,(H,31,38)(H,32,33,35,36). The number of carbonyl (C=O) groups excluding carboxylic acids is 1. The number of hydrogen-bond donors (Lipinski definition) is 2. The first-order valence-electron chi connectivity index (χ1n) is 12.6. The van der Waals surface area contributed by atoms with Crippen LogP contribution in [0, 0.1) is 23.5 Å². The van der Waals surface area contributed by atoms with E-state index in [4.69, 9.17) is 0 Å². The van der Waals surface area contributed by atoms with Crippen molar-refractivity contribution >= 4 is 17.1 Å². The molecule has 3 heterocycles. The van der Waals surface area contributed by atoms with Gasteiger partial charge in [-0.2, -0.15) is 5.10 Å². The molecule has 10 heteroatoms. The van der Waals surface area contributed by atoms with Crippen molar-refractivity contribution in [2.45, 2.75) is 31.7 Å². The number of aromatic amines is 1. The van der Waals surface area contributed by atoms with E-state index in [1.54, 1.807) is 35.3 Å². The van der Waals surface area contributed by atoms with Gasteiger partial charge in [-0.25, -0.2) is 28.4 Å². The highest BCUT2D eigenvalue weighted by Crippen LogP contribution is 2.57. The quantitative estimate of drug-likeness (QED) is 0.337. The van der Waals surface area contributed by atoms with Crippen LogP contribution in [0.5, 0.6) is 0 Å². The van der Waals surface area contributed by atoms with Crippen LogP contribution < -0.4 is 5.32 Å². The molecule has 2 aliphatic rings. The molecule has 2 unspecified atom stereocenters. The number of aromatic nitrogens is 6. The van der Waals surface area contributed by atoms with E-state index >= 15 is 0 Å². The van der Waals surface area contributed by atoms with Crippen LogP contribution in [0.25, 0.3) is 28.0 Å². The van der Waals surface area contributed by atoms with Gasteiger partial charge in [0.25, 0.3) is 5.91 Å². The number of benzene rings is 2. The van der Waals surface area contributed by atoms with Gasteiger partial charge in [-0.3, -0.25) is 4.79 Å². The lowest BCUT2D eigenvalue weighted by Gasteiger charge is -2.08. The van der Waals surface area contributed by atoms with Crippen LogP contribution in [-0.2, 0) is 6.54 Å². The molecule has 190 valence electrons.